The van der Waals surface area contributed by atoms with Gasteiger partial charge in [0.15, 0.2) is 0 Å². The van der Waals surface area contributed by atoms with E-state index in [1.54, 1.807) is 0 Å². The van der Waals surface area contributed by atoms with E-state index in [-0.39, 0.29) is 0 Å². The van der Waals surface area contributed by atoms with Gasteiger partial charge in [-0.1, -0.05) is 13.8 Å². The maximum absolute atomic E-state index is 3.22. The monoisotopic (exact) mass is 146 g/mol. The third-order valence-electron chi connectivity index (χ3n) is 1.48. The predicted octanol–water partition coefficient (Wildman–Crippen LogP) is 1.30. The quantitative estimate of drug-likeness (QED) is 0.614. The minimum absolute atomic E-state index is 0.634. The molecule has 0 radical (unpaired) electrons. The van der Waals surface area contributed by atoms with E-state index in [2.05, 4.69) is 24.7 Å². The van der Waals surface area contributed by atoms with Crippen LogP contribution >= 0.6 is 11.8 Å². The van der Waals surface area contributed by atoms with E-state index in [0.29, 0.717) is 10.7 Å². The highest BCUT2D eigenvalue weighted by Gasteiger charge is 2.20. The van der Waals surface area contributed by atoms with Gasteiger partial charge >= 0.3 is 0 Å². The first-order valence-electron chi connectivity index (χ1n) is 3.53. The smallest absolute Gasteiger partial charge is 0.0679 e. The zero-order chi connectivity index (χ0) is 6.69. The molecule has 0 aromatic heterocycles. The van der Waals surface area contributed by atoms with Crippen LogP contribution in [0.3, 0.4) is 0 Å². The van der Waals surface area contributed by atoms with Gasteiger partial charge in [-0.2, -0.15) is 0 Å². The van der Waals surface area contributed by atoms with Gasteiger partial charge in [0.25, 0.3) is 0 Å². The Hall–Kier alpha value is 0.270. The SMILES string of the molecule is CCC1NNC(CC)S1. The van der Waals surface area contributed by atoms with Crippen LogP contribution in [0.25, 0.3) is 0 Å². The van der Waals surface area contributed by atoms with Gasteiger partial charge in [-0.25, -0.2) is 10.9 Å². The Bertz CT molecular complexity index is 77.1. The molecule has 0 amide bonds. The Labute approximate surface area is 60.8 Å². The maximum Gasteiger partial charge on any atom is 0.0679 e. The summed E-state index contributed by atoms with van der Waals surface area (Å²) in [6.45, 7) is 4.40. The van der Waals surface area contributed by atoms with E-state index >= 15 is 0 Å². The van der Waals surface area contributed by atoms with Crippen LogP contribution in [-0.2, 0) is 0 Å². The zero-order valence-electron chi connectivity index (χ0n) is 5.98. The topological polar surface area (TPSA) is 24.1 Å². The molecule has 1 saturated heterocycles. The second-order valence-corrected chi connectivity index (χ2v) is 3.63. The van der Waals surface area contributed by atoms with E-state index in [4.69, 9.17) is 0 Å². The van der Waals surface area contributed by atoms with Gasteiger partial charge in [0.1, 0.15) is 0 Å². The highest BCUT2D eigenvalue weighted by molar-refractivity contribution is 8.00. The van der Waals surface area contributed by atoms with E-state index in [1.807, 2.05) is 11.8 Å². The molecule has 0 bridgehead atoms. The Morgan fingerprint density at radius 2 is 1.56 bits per heavy atom. The summed E-state index contributed by atoms with van der Waals surface area (Å²) < 4.78 is 0. The fraction of sp³-hybridized carbons (Fsp3) is 1.00. The molecule has 0 aromatic carbocycles. The van der Waals surface area contributed by atoms with E-state index in [0.717, 1.165) is 0 Å². The molecule has 9 heavy (non-hydrogen) atoms. The first-order valence-corrected chi connectivity index (χ1v) is 4.47. The van der Waals surface area contributed by atoms with E-state index in [1.165, 1.54) is 12.8 Å². The summed E-state index contributed by atoms with van der Waals surface area (Å²) in [4.78, 5) is 0. The van der Waals surface area contributed by atoms with Crippen molar-refractivity contribution in [3.05, 3.63) is 0 Å². The lowest BCUT2D eigenvalue weighted by molar-refractivity contribution is 0.522. The van der Waals surface area contributed by atoms with Crippen molar-refractivity contribution in [1.82, 2.24) is 10.9 Å². The minimum Gasteiger partial charge on any atom is -0.244 e. The summed E-state index contributed by atoms with van der Waals surface area (Å²) in [6, 6.07) is 0. The van der Waals surface area contributed by atoms with Gasteiger partial charge in [0.2, 0.25) is 0 Å². The highest BCUT2D eigenvalue weighted by atomic mass is 32.2. The summed E-state index contributed by atoms with van der Waals surface area (Å²) >= 11 is 1.99. The number of hydrogen-bond acceptors (Lipinski definition) is 3. The van der Waals surface area contributed by atoms with Gasteiger partial charge in [-0.3, -0.25) is 0 Å². The van der Waals surface area contributed by atoms with Gasteiger partial charge in [-0.05, 0) is 12.8 Å². The average Bonchev–Trinajstić information content (AvgIpc) is 2.34. The lowest BCUT2D eigenvalue weighted by atomic mass is 10.5. The standard InChI is InChI=1S/C6H14N2S/c1-3-5-7-8-6(4-2)9-5/h5-8H,3-4H2,1-2H3. The van der Waals surface area contributed by atoms with Crippen LogP contribution in [0, 0.1) is 0 Å². The average molecular weight is 146 g/mol. The van der Waals surface area contributed by atoms with Gasteiger partial charge in [0, 0.05) is 0 Å². The second-order valence-electron chi connectivity index (χ2n) is 2.22. The van der Waals surface area contributed by atoms with Crippen molar-refractivity contribution >= 4 is 11.8 Å². The van der Waals surface area contributed by atoms with E-state index < -0.39 is 0 Å². The molecule has 0 spiro atoms. The van der Waals surface area contributed by atoms with Crippen LogP contribution in [0.15, 0.2) is 0 Å². The molecule has 0 saturated carbocycles. The van der Waals surface area contributed by atoms with Crippen molar-refractivity contribution in [3.8, 4) is 0 Å². The fourth-order valence-electron chi connectivity index (χ4n) is 0.849. The van der Waals surface area contributed by atoms with Gasteiger partial charge < -0.3 is 0 Å². The normalized spacial score (nSPS) is 35.3. The molecule has 2 unspecified atom stereocenters. The van der Waals surface area contributed by atoms with Crippen molar-refractivity contribution in [1.29, 1.82) is 0 Å². The lowest BCUT2D eigenvalue weighted by Gasteiger charge is -2.02. The Kier molecular flexibility index (Phi) is 2.82. The number of thioether (sulfide) groups is 1. The van der Waals surface area contributed by atoms with Gasteiger partial charge in [-0.15, -0.1) is 11.8 Å². The van der Waals surface area contributed by atoms with Crippen LogP contribution in [0.1, 0.15) is 26.7 Å². The number of nitrogens with one attached hydrogen (secondary N) is 2. The Morgan fingerprint density at radius 1 is 1.11 bits per heavy atom. The molecule has 2 atom stereocenters. The molecule has 54 valence electrons. The van der Waals surface area contributed by atoms with Crippen molar-refractivity contribution < 1.29 is 0 Å². The van der Waals surface area contributed by atoms with Crippen LogP contribution in [-0.4, -0.2) is 10.7 Å². The largest absolute Gasteiger partial charge is 0.244 e. The van der Waals surface area contributed by atoms with Gasteiger partial charge in [0.05, 0.1) is 10.7 Å². The Balaban J connectivity index is 2.20. The maximum atomic E-state index is 3.22. The van der Waals surface area contributed by atoms with Crippen LogP contribution in [0.5, 0.6) is 0 Å². The van der Waals surface area contributed by atoms with E-state index in [9.17, 15) is 0 Å². The number of rotatable bonds is 2. The molecule has 3 heteroatoms. The Morgan fingerprint density at radius 3 is 1.78 bits per heavy atom. The third-order valence-corrected chi connectivity index (χ3v) is 3.03. The molecular formula is C6H14N2S. The predicted molar refractivity (Wildman–Crippen MR) is 42.0 cm³/mol. The van der Waals surface area contributed by atoms with Crippen molar-refractivity contribution in [3.63, 3.8) is 0 Å². The molecule has 1 aliphatic rings. The molecular weight excluding hydrogens is 132 g/mol. The molecule has 0 aromatic rings. The zero-order valence-corrected chi connectivity index (χ0v) is 6.79. The first-order chi connectivity index (χ1) is 4.36. The van der Waals surface area contributed by atoms with Crippen LogP contribution in [0.4, 0.5) is 0 Å². The third kappa shape index (κ3) is 1.85. The van der Waals surface area contributed by atoms with Crippen molar-refractivity contribution in [2.45, 2.75) is 37.4 Å². The summed E-state index contributed by atoms with van der Waals surface area (Å²) in [5, 5.41) is 1.27. The molecule has 2 N–H and O–H groups in total. The highest BCUT2D eigenvalue weighted by Crippen LogP contribution is 2.22. The minimum atomic E-state index is 0.634. The lowest BCUT2D eigenvalue weighted by Crippen LogP contribution is -2.32. The molecule has 1 fully saturated rings. The summed E-state index contributed by atoms with van der Waals surface area (Å²) in [5.74, 6) is 0. The molecule has 0 aliphatic carbocycles. The molecule has 1 rings (SSSR count). The summed E-state index contributed by atoms with van der Waals surface area (Å²) in [5.41, 5.74) is 6.44. The summed E-state index contributed by atoms with van der Waals surface area (Å²) in [6.07, 6.45) is 2.41. The van der Waals surface area contributed by atoms with Crippen LogP contribution < -0.4 is 10.9 Å². The summed E-state index contributed by atoms with van der Waals surface area (Å²) in [7, 11) is 0. The number of hydrogen-bond donors (Lipinski definition) is 2. The number of hydrazine groups is 1. The molecule has 1 heterocycles. The van der Waals surface area contributed by atoms with Crippen molar-refractivity contribution in [2.24, 2.45) is 0 Å². The van der Waals surface area contributed by atoms with Crippen LogP contribution in [0.2, 0.25) is 0 Å². The molecule has 1 aliphatic heterocycles. The fourth-order valence-corrected chi connectivity index (χ4v) is 1.90. The first kappa shape index (κ1) is 7.38. The molecule has 2 nitrogen and oxygen atoms in total. The second kappa shape index (κ2) is 3.44. The van der Waals surface area contributed by atoms with Crippen molar-refractivity contribution in [2.75, 3.05) is 0 Å².